The van der Waals surface area contributed by atoms with Gasteiger partial charge in [-0.2, -0.15) is 4.98 Å². The van der Waals surface area contributed by atoms with Crippen LogP contribution in [0.2, 0.25) is 5.02 Å². The Kier molecular flexibility index (Phi) is 7.30. The van der Waals surface area contributed by atoms with E-state index in [1.54, 1.807) is 0 Å². The summed E-state index contributed by atoms with van der Waals surface area (Å²) in [4.78, 5) is 4.11. The molecular formula is C12H17Br2ClN4O3S. The van der Waals surface area contributed by atoms with Crippen LogP contribution in [0.3, 0.4) is 0 Å². The number of primary sulfonamides is 1. The van der Waals surface area contributed by atoms with Gasteiger partial charge in [0.15, 0.2) is 5.58 Å². The van der Waals surface area contributed by atoms with Crippen LogP contribution in [0, 0.1) is 0 Å². The maximum Gasteiger partial charge on any atom is 0.295 e. The molecule has 2 aromatic rings. The van der Waals surface area contributed by atoms with Crippen molar-refractivity contribution in [3.63, 3.8) is 0 Å². The maximum absolute atomic E-state index is 11.4. The van der Waals surface area contributed by atoms with E-state index in [0.717, 1.165) is 25.9 Å². The zero-order valence-corrected chi connectivity index (χ0v) is 16.9. The summed E-state index contributed by atoms with van der Waals surface area (Å²) in [6.07, 6.45) is 1.95. The third-order valence-electron chi connectivity index (χ3n) is 3.42. The van der Waals surface area contributed by atoms with Gasteiger partial charge in [0, 0.05) is 12.1 Å². The summed E-state index contributed by atoms with van der Waals surface area (Å²) in [7, 11) is -3.89. The third-order valence-corrected chi connectivity index (χ3v) is 4.79. The molecule has 0 aliphatic carbocycles. The molecule has 0 radical (unpaired) electrons. The highest BCUT2D eigenvalue weighted by atomic mass is 79.9. The van der Waals surface area contributed by atoms with Crippen molar-refractivity contribution < 1.29 is 12.8 Å². The molecule has 3 rings (SSSR count). The van der Waals surface area contributed by atoms with Gasteiger partial charge in [0.1, 0.15) is 10.4 Å². The summed E-state index contributed by atoms with van der Waals surface area (Å²) in [5, 5.41) is 11.6. The summed E-state index contributed by atoms with van der Waals surface area (Å²) in [6.45, 7) is 1.89. The fraction of sp³-hybridized carbons (Fsp3) is 0.417. The molecule has 1 saturated heterocycles. The van der Waals surface area contributed by atoms with Crippen LogP contribution in [0.4, 0.5) is 6.01 Å². The number of fused-ring (bicyclic) bond motifs is 1. The summed E-state index contributed by atoms with van der Waals surface area (Å²) in [5.74, 6) is 0. The number of nitrogens with two attached hydrogens (primary N) is 1. The number of nitrogens with one attached hydrogen (secondary N) is 2. The normalized spacial score (nSPS) is 15.7. The van der Waals surface area contributed by atoms with Crippen LogP contribution in [0.25, 0.3) is 11.1 Å². The van der Waals surface area contributed by atoms with E-state index in [4.69, 9.17) is 21.2 Å². The van der Waals surface area contributed by atoms with E-state index in [9.17, 15) is 8.42 Å². The standard InChI is InChI=1S/C12H15ClN4O3S.2BrH/c13-8-5-9-10(6-11(8)21(14,18)19)20-12(17-9)16-7-1-3-15-4-2-7;;/h5-7,15H,1-4H2,(H,16,17)(H2,14,18,19);2*1H. The number of nitrogens with zero attached hydrogens (tertiary/aromatic N) is 1. The number of hydrogen-bond acceptors (Lipinski definition) is 6. The lowest BCUT2D eigenvalue weighted by atomic mass is 10.1. The molecule has 0 saturated carbocycles. The number of rotatable bonds is 3. The van der Waals surface area contributed by atoms with Crippen molar-refractivity contribution in [3.05, 3.63) is 17.2 Å². The lowest BCUT2D eigenvalue weighted by Crippen LogP contribution is -2.35. The van der Waals surface area contributed by atoms with Crippen molar-refractivity contribution in [1.82, 2.24) is 10.3 Å². The van der Waals surface area contributed by atoms with Gasteiger partial charge in [-0.15, -0.1) is 34.0 Å². The van der Waals surface area contributed by atoms with E-state index in [0.29, 0.717) is 17.1 Å². The topological polar surface area (TPSA) is 110 Å². The fourth-order valence-electron chi connectivity index (χ4n) is 2.35. The van der Waals surface area contributed by atoms with Gasteiger partial charge < -0.3 is 15.1 Å². The zero-order chi connectivity index (χ0) is 15.0. The van der Waals surface area contributed by atoms with Crippen LogP contribution in [-0.4, -0.2) is 32.5 Å². The van der Waals surface area contributed by atoms with Crippen molar-refractivity contribution >= 4 is 72.7 Å². The number of piperidine rings is 1. The molecular weight excluding hydrogens is 475 g/mol. The molecule has 0 spiro atoms. The Morgan fingerprint density at radius 1 is 1.30 bits per heavy atom. The second-order valence-electron chi connectivity index (χ2n) is 4.98. The first-order valence-corrected chi connectivity index (χ1v) is 8.46. The first-order chi connectivity index (χ1) is 9.93. The van der Waals surface area contributed by atoms with Gasteiger partial charge in [0.2, 0.25) is 10.0 Å². The Bertz CT molecular complexity index is 778. The summed E-state index contributed by atoms with van der Waals surface area (Å²) >= 11 is 5.92. The molecule has 1 aliphatic heterocycles. The van der Waals surface area contributed by atoms with Crippen LogP contribution in [-0.2, 0) is 10.0 Å². The van der Waals surface area contributed by atoms with Gasteiger partial charge in [0.25, 0.3) is 6.01 Å². The Hall–Kier alpha value is -0.390. The summed E-state index contributed by atoms with van der Waals surface area (Å²) in [6, 6.07) is 3.38. The molecule has 7 nitrogen and oxygen atoms in total. The van der Waals surface area contributed by atoms with Gasteiger partial charge in [-0.3, -0.25) is 0 Å². The molecule has 1 aliphatic rings. The zero-order valence-electron chi connectivity index (χ0n) is 11.9. The molecule has 0 unspecified atom stereocenters. The molecule has 4 N–H and O–H groups in total. The van der Waals surface area contributed by atoms with Crippen molar-refractivity contribution in [2.75, 3.05) is 18.4 Å². The first-order valence-electron chi connectivity index (χ1n) is 6.53. The molecule has 1 aromatic carbocycles. The van der Waals surface area contributed by atoms with Crippen LogP contribution in [0.15, 0.2) is 21.4 Å². The van der Waals surface area contributed by atoms with Crippen LogP contribution in [0.5, 0.6) is 0 Å². The molecule has 0 amide bonds. The van der Waals surface area contributed by atoms with Crippen molar-refractivity contribution in [1.29, 1.82) is 0 Å². The number of aromatic nitrogens is 1. The minimum absolute atomic E-state index is 0. The second kappa shape index (κ2) is 8.13. The minimum Gasteiger partial charge on any atom is -0.424 e. The van der Waals surface area contributed by atoms with E-state index in [-0.39, 0.29) is 49.9 Å². The molecule has 11 heteroatoms. The van der Waals surface area contributed by atoms with Gasteiger partial charge in [-0.1, -0.05) is 11.6 Å². The minimum atomic E-state index is -3.89. The second-order valence-corrected chi connectivity index (χ2v) is 6.92. The van der Waals surface area contributed by atoms with E-state index < -0.39 is 10.0 Å². The Morgan fingerprint density at radius 2 is 1.96 bits per heavy atom. The average Bonchev–Trinajstić information content (AvgIpc) is 2.79. The van der Waals surface area contributed by atoms with Gasteiger partial charge in [-0.05, 0) is 32.0 Å². The quantitative estimate of drug-likeness (QED) is 0.607. The van der Waals surface area contributed by atoms with Gasteiger partial charge >= 0.3 is 0 Å². The first kappa shape index (κ1) is 20.7. The van der Waals surface area contributed by atoms with E-state index in [1.165, 1.54) is 12.1 Å². The monoisotopic (exact) mass is 490 g/mol. The molecule has 0 bridgehead atoms. The number of hydrogen-bond donors (Lipinski definition) is 3. The smallest absolute Gasteiger partial charge is 0.295 e. The van der Waals surface area contributed by atoms with Crippen molar-refractivity contribution in [3.8, 4) is 0 Å². The van der Waals surface area contributed by atoms with E-state index in [2.05, 4.69) is 15.6 Å². The van der Waals surface area contributed by atoms with Crippen molar-refractivity contribution in [2.24, 2.45) is 5.14 Å². The number of benzene rings is 1. The van der Waals surface area contributed by atoms with Crippen LogP contribution < -0.4 is 15.8 Å². The predicted octanol–water partition coefficient (Wildman–Crippen LogP) is 2.45. The Labute approximate surface area is 159 Å². The average molecular weight is 493 g/mol. The Morgan fingerprint density at radius 3 is 2.57 bits per heavy atom. The van der Waals surface area contributed by atoms with Crippen LogP contribution in [0.1, 0.15) is 12.8 Å². The summed E-state index contributed by atoms with van der Waals surface area (Å²) < 4.78 is 28.4. The van der Waals surface area contributed by atoms with Gasteiger partial charge in [0.05, 0.1) is 5.02 Å². The highest BCUT2D eigenvalue weighted by Crippen LogP contribution is 2.29. The van der Waals surface area contributed by atoms with E-state index >= 15 is 0 Å². The third kappa shape index (κ3) is 4.80. The van der Waals surface area contributed by atoms with E-state index in [1.807, 2.05) is 0 Å². The fourth-order valence-corrected chi connectivity index (χ4v) is 3.43. The molecule has 2 heterocycles. The molecule has 1 aromatic heterocycles. The Balaban J connectivity index is 0.00000132. The molecule has 1 fully saturated rings. The SMILES string of the molecule is Br.Br.NS(=O)(=O)c1cc2oc(NC3CCNCC3)nc2cc1Cl. The largest absolute Gasteiger partial charge is 0.424 e. The van der Waals surface area contributed by atoms with Crippen molar-refractivity contribution in [2.45, 2.75) is 23.8 Å². The number of anilines is 1. The number of sulfonamides is 1. The number of halogens is 3. The number of oxazole rings is 1. The van der Waals surface area contributed by atoms with Crippen LogP contribution >= 0.6 is 45.6 Å². The maximum atomic E-state index is 11.4. The lowest BCUT2D eigenvalue weighted by molar-refractivity contribution is 0.466. The predicted molar refractivity (Wildman–Crippen MR) is 101 cm³/mol. The lowest BCUT2D eigenvalue weighted by Gasteiger charge is -2.22. The highest BCUT2D eigenvalue weighted by molar-refractivity contribution is 8.93. The molecule has 23 heavy (non-hydrogen) atoms. The summed E-state index contributed by atoms with van der Waals surface area (Å²) in [5.41, 5.74) is 0.823. The highest BCUT2D eigenvalue weighted by Gasteiger charge is 2.19. The van der Waals surface area contributed by atoms with Gasteiger partial charge in [-0.25, -0.2) is 13.6 Å². The molecule has 130 valence electrons. The molecule has 0 atom stereocenters.